The minimum absolute atomic E-state index is 0.135. The minimum Gasteiger partial charge on any atom is -0.430 e. The fraction of sp³-hybridized carbons (Fsp3) is 0.667. The van der Waals surface area contributed by atoms with Gasteiger partial charge < -0.3 is 10.5 Å². The Hall–Kier alpha value is -0.830. The van der Waals surface area contributed by atoms with Crippen molar-refractivity contribution in [3.63, 3.8) is 0 Å². The second-order valence-corrected chi connectivity index (χ2v) is 3.73. The Kier molecular flexibility index (Phi) is 3.46. The predicted molar refractivity (Wildman–Crippen MR) is 48.3 cm³/mol. The maximum absolute atomic E-state index is 11.2. The number of hydrogen-bond acceptors (Lipinski definition) is 3. The Bertz CT molecular complexity index is 189. The monoisotopic (exact) mass is 171 g/mol. The second kappa shape index (κ2) is 3.72. The van der Waals surface area contributed by atoms with Gasteiger partial charge in [-0.15, -0.1) is 0 Å². The lowest BCUT2D eigenvalue weighted by Crippen LogP contribution is -2.42. The number of ether oxygens (including phenoxy) is 1. The lowest BCUT2D eigenvalue weighted by molar-refractivity contribution is -0.145. The Morgan fingerprint density at radius 3 is 2.17 bits per heavy atom. The molecule has 0 aromatic rings. The van der Waals surface area contributed by atoms with Gasteiger partial charge in [-0.05, 0) is 13.8 Å². The molecule has 0 aromatic heterocycles. The fourth-order valence-electron chi connectivity index (χ4n) is 0.368. The highest BCUT2D eigenvalue weighted by Gasteiger charge is 2.25. The van der Waals surface area contributed by atoms with Crippen molar-refractivity contribution in [2.24, 2.45) is 11.7 Å². The Morgan fingerprint density at radius 2 is 1.92 bits per heavy atom. The number of allylic oxidation sites excluding steroid dienone is 1. The van der Waals surface area contributed by atoms with Crippen LogP contribution < -0.4 is 5.73 Å². The SMILES string of the molecule is C=C(OC(=O)C(C)(C)N)C(C)C. The number of rotatable bonds is 3. The topological polar surface area (TPSA) is 52.3 Å². The summed E-state index contributed by atoms with van der Waals surface area (Å²) in [4.78, 5) is 11.2. The van der Waals surface area contributed by atoms with Crippen molar-refractivity contribution in [2.45, 2.75) is 33.2 Å². The van der Waals surface area contributed by atoms with Gasteiger partial charge in [-0.2, -0.15) is 0 Å². The van der Waals surface area contributed by atoms with E-state index < -0.39 is 11.5 Å². The lowest BCUT2D eigenvalue weighted by atomic mass is 10.1. The van der Waals surface area contributed by atoms with Gasteiger partial charge in [0.1, 0.15) is 11.3 Å². The van der Waals surface area contributed by atoms with Crippen LogP contribution in [0.5, 0.6) is 0 Å². The standard InChI is InChI=1S/C9H17NO2/c1-6(2)7(3)12-8(11)9(4,5)10/h6H,3,10H2,1-2,4-5H3. The molecule has 0 aliphatic carbocycles. The largest absolute Gasteiger partial charge is 0.430 e. The van der Waals surface area contributed by atoms with E-state index in [0.29, 0.717) is 5.76 Å². The van der Waals surface area contributed by atoms with Crippen molar-refractivity contribution < 1.29 is 9.53 Å². The number of carbonyl (C=O) groups is 1. The second-order valence-electron chi connectivity index (χ2n) is 3.73. The smallest absolute Gasteiger partial charge is 0.330 e. The molecule has 70 valence electrons. The third-order valence-corrected chi connectivity index (χ3v) is 1.39. The van der Waals surface area contributed by atoms with Crippen molar-refractivity contribution >= 4 is 5.97 Å². The maximum atomic E-state index is 11.2. The van der Waals surface area contributed by atoms with E-state index in [4.69, 9.17) is 10.5 Å². The van der Waals surface area contributed by atoms with Crippen LogP contribution in [-0.2, 0) is 9.53 Å². The van der Waals surface area contributed by atoms with Crippen LogP contribution in [0.3, 0.4) is 0 Å². The number of nitrogens with two attached hydrogens (primary N) is 1. The molecule has 0 aromatic carbocycles. The minimum atomic E-state index is -0.947. The van der Waals surface area contributed by atoms with E-state index in [1.807, 2.05) is 13.8 Å². The molecule has 0 fully saturated rings. The van der Waals surface area contributed by atoms with Crippen molar-refractivity contribution in [3.8, 4) is 0 Å². The van der Waals surface area contributed by atoms with Crippen LogP contribution in [0, 0.1) is 5.92 Å². The molecule has 0 aliphatic rings. The van der Waals surface area contributed by atoms with Crippen molar-refractivity contribution in [1.29, 1.82) is 0 Å². The summed E-state index contributed by atoms with van der Waals surface area (Å²) in [6, 6.07) is 0. The molecule has 0 rings (SSSR count). The van der Waals surface area contributed by atoms with E-state index in [-0.39, 0.29) is 5.92 Å². The summed E-state index contributed by atoms with van der Waals surface area (Å²) < 4.78 is 4.92. The van der Waals surface area contributed by atoms with E-state index >= 15 is 0 Å². The van der Waals surface area contributed by atoms with Crippen LogP contribution in [-0.4, -0.2) is 11.5 Å². The van der Waals surface area contributed by atoms with Gasteiger partial charge in [0.15, 0.2) is 0 Å². The van der Waals surface area contributed by atoms with Crippen molar-refractivity contribution in [3.05, 3.63) is 12.3 Å². The zero-order valence-corrected chi connectivity index (χ0v) is 8.18. The molecule has 3 heteroatoms. The Labute approximate surface area is 73.6 Å². The summed E-state index contributed by atoms with van der Waals surface area (Å²) in [6.07, 6.45) is 0. The molecule has 0 saturated carbocycles. The van der Waals surface area contributed by atoms with Crippen LogP contribution >= 0.6 is 0 Å². The van der Waals surface area contributed by atoms with Gasteiger partial charge in [-0.1, -0.05) is 20.4 Å². The first-order valence-electron chi connectivity index (χ1n) is 3.95. The van der Waals surface area contributed by atoms with Gasteiger partial charge in [0.2, 0.25) is 0 Å². The van der Waals surface area contributed by atoms with Crippen LogP contribution in [0.4, 0.5) is 0 Å². The average molecular weight is 171 g/mol. The van der Waals surface area contributed by atoms with Gasteiger partial charge in [0, 0.05) is 5.92 Å². The van der Waals surface area contributed by atoms with E-state index in [0.717, 1.165) is 0 Å². The Balaban J connectivity index is 4.12. The summed E-state index contributed by atoms with van der Waals surface area (Å²) in [7, 11) is 0. The summed E-state index contributed by atoms with van der Waals surface area (Å²) in [5, 5.41) is 0. The van der Waals surface area contributed by atoms with E-state index in [1.54, 1.807) is 13.8 Å². The normalized spacial score (nSPS) is 11.5. The molecule has 0 saturated heterocycles. The Morgan fingerprint density at radius 1 is 1.50 bits per heavy atom. The number of hydrogen-bond donors (Lipinski definition) is 1. The van der Waals surface area contributed by atoms with Gasteiger partial charge in [0.05, 0.1) is 0 Å². The molecule has 0 unspecified atom stereocenters. The molecule has 0 atom stereocenters. The summed E-state index contributed by atoms with van der Waals surface area (Å²) in [5.41, 5.74) is 4.57. The quantitative estimate of drug-likeness (QED) is 0.516. The first-order chi connectivity index (χ1) is 5.25. The molecule has 0 heterocycles. The molecular formula is C9H17NO2. The van der Waals surface area contributed by atoms with E-state index in [2.05, 4.69) is 6.58 Å². The zero-order chi connectivity index (χ0) is 9.94. The van der Waals surface area contributed by atoms with Crippen LogP contribution in [0.1, 0.15) is 27.7 Å². The van der Waals surface area contributed by atoms with Gasteiger partial charge in [0.25, 0.3) is 0 Å². The van der Waals surface area contributed by atoms with Crippen LogP contribution in [0.15, 0.2) is 12.3 Å². The molecule has 2 N–H and O–H groups in total. The lowest BCUT2D eigenvalue weighted by Gasteiger charge is -2.18. The molecular weight excluding hydrogens is 154 g/mol. The molecule has 0 bridgehead atoms. The first kappa shape index (κ1) is 11.2. The molecule has 3 nitrogen and oxygen atoms in total. The highest BCUT2D eigenvalue weighted by atomic mass is 16.5. The third-order valence-electron chi connectivity index (χ3n) is 1.39. The summed E-state index contributed by atoms with van der Waals surface area (Å²) in [5.74, 6) is 0.149. The van der Waals surface area contributed by atoms with Crippen molar-refractivity contribution in [2.75, 3.05) is 0 Å². The van der Waals surface area contributed by atoms with Gasteiger partial charge in [-0.3, -0.25) is 0 Å². The van der Waals surface area contributed by atoms with Gasteiger partial charge in [-0.25, -0.2) is 4.79 Å². The highest BCUT2D eigenvalue weighted by Crippen LogP contribution is 2.11. The van der Waals surface area contributed by atoms with Crippen LogP contribution in [0.2, 0.25) is 0 Å². The first-order valence-corrected chi connectivity index (χ1v) is 3.95. The van der Waals surface area contributed by atoms with Gasteiger partial charge >= 0.3 is 5.97 Å². The summed E-state index contributed by atoms with van der Waals surface area (Å²) in [6.45, 7) is 10.6. The molecule has 0 spiro atoms. The van der Waals surface area contributed by atoms with E-state index in [1.165, 1.54) is 0 Å². The molecule has 12 heavy (non-hydrogen) atoms. The number of esters is 1. The van der Waals surface area contributed by atoms with E-state index in [9.17, 15) is 4.79 Å². The zero-order valence-electron chi connectivity index (χ0n) is 8.18. The molecule has 0 radical (unpaired) electrons. The predicted octanol–water partition coefficient (Wildman–Crippen LogP) is 1.44. The molecule has 0 amide bonds. The molecule has 0 aliphatic heterocycles. The maximum Gasteiger partial charge on any atom is 0.330 e. The number of carbonyl (C=O) groups excluding carboxylic acids is 1. The third kappa shape index (κ3) is 3.53. The summed E-state index contributed by atoms with van der Waals surface area (Å²) >= 11 is 0. The highest BCUT2D eigenvalue weighted by molar-refractivity contribution is 5.80. The van der Waals surface area contributed by atoms with Crippen molar-refractivity contribution in [1.82, 2.24) is 0 Å². The average Bonchev–Trinajstić information content (AvgIpc) is 1.85. The fourth-order valence-corrected chi connectivity index (χ4v) is 0.368. The van der Waals surface area contributed by atoms with Crippen LogP contribution in [0.25, 0.3) is 0 Å².